The van der Waals surface area contributed by atoms with E-state index in [-0.39, 0.29) is 5.91 Å². The summed E-state index contributed by atoms with van der Waals surface area (Å²) in [4.78, 5) is 17.4. The van der Waals surface area contributed by atoms with Crippen LogP contribution < -0.4 is 14.8 Å². The van der Waals surface area contributed by atoms with E-state index in [1.54, 1.807) is 14.2 Å². The van der Waals surface area contributed by atoms with Gasteiger partial charge in [-0.2, -0.15) is 11.8 Å². The molecule has 1 saturated heterocycles. The van der Waals surface area contributed by atoms with Crippen molar-refractivity contribution >= 4 is 23.4 Å². The van der Waals surface area contributed by atoms with Crippen molar-refractivity contribution in [2.24, 2.45) is 0 Å². The van der Waals surface area contributed by atoms with E-state index in [0.29, 0.717) is 6.54 Å². The van der Waals surface area contributed by atoms with Crippen LogP contribution in [0.25, 0.3) is 0 Å². The Morgan fingerprint density at radius 3 is 2.48 bits per heavy atom. The molecule has 1 N–H and O–H groups in total. The normalized spacial score (nSPS) is 17.1. The third-order valence-corrected chi connectivity index (χ3v) is 6.83. The van der Waals surface area contributed by atoms with Gasteiger partial charge in [0.2, 0.25) is 5.91 Å². The lowest BCUT2D eigenvalue weighted by molar-refractivity contribution is -0.117. The predicted molar refractivity (Wildman–Crippen MR) is 126 cm³/mol. The average molecular weight is 442 g/mol. The topological polar surface area (TPSA) is 54.0 Å². The molecule has 0 saturated carbocycles. The summed E-state index contributed by atoms with van der Waals surface area (Å²) in [5.41, 5.74) is 4.58. The van der Waals surface area contributed by atoms with Crippen LogP contribution in [0, 0.1) is 0 Å². The highest BCUT2D eigenvalue weighted by atomic mass is 32.2. The van der Waals surface area contributed by atoms with Gasteiger partial charge in [0.1, 0.15) is 0 Å². The molecule has 0 radical (unpaired) electrons. The van der Waals surface area contributed by atoms with E-state index in [2.05, 4.69) is 33.3 Å². The Hall–Kier alpha value is -2.22. The molecule has 1 fully saturated rings. The molecule has 7 heteroatoms. The van der Waals surface area contributed by atoms with E-state index in [1.165, 1.54) is 28.2 Å². The first-order valence-corrected chi connectivity index (χ1v) is 11.9. The quantitative estimate of drug-likeness (QED) is 0.712. The lowest BCUT2D eigenvalue weighted by atomic mass is 9.99. The summed E-state index contributed by atoms with van der Waals surface area (Å²) >= 11 is 2.02. The number of nitrogens with one attached hydrogen (secondary N) is 1. The summed E-state index contributed by atoms with van der Waals surface area (Å²) in [5.74, 6) is 3.92. The predicted octanol–water partition coefficient (Wildman–Crippen LogP) is 3.25. The maximum Gasteiger partial charge on any atom is 0.238 e. The number of amides is 1. The first-order chi connectivity index (χ1) is 15.1. The number of hydrogen-bond acceptors (Lipinski definition) is 6. The first-order valence-electron chi connectivity index (χ1n) is 10.8. The fraction of sp³-hybridized carbons (Fsp3) is 0.458. The average Bonchev–Trinajstić information content (AvgIpc) is 2.79. The minimum atomic E-state index is 0.0236. The third-order valence-electron chi connectivity index (χ3n) is 5.88. The van der Waals surface area contributed by atoms with Gasteiger partial charge in [0.15, 0.2) is 11.5 Å². The summed E-state index contributed by atoms with van der Waals surface area (Å²) in [7, 11) is 3.31. The molecule has 4 rings (SSSR count). The maximum atomic E-state index is 12.7. The molecule has 2 aromatic carbocycles. The van der Waals surface area contributed by atoms with Crippen molar-refractivity contribution in [3.63, 3.8) is 0 Å². The van der Waals surface area contributed by atoms with Crippen molar-refractivity contribution in [3.8, 4) is 11.5 Å². The largest absolute Gasteiger partial charge is 0.493 e. The number of thioether (sulfide) groups is 1. The molecule has 0 bridgehead atoms. The van der Waals surface area contributed by atoms with Gasteiger partial charge in [-0.1, -0.05) is 12.1 Å². The van der Waals surface area contributed by atoms with Gasteiger partial charge in [0.05, 0.1) is 20.8 Å². The van der Waals surface area contributed by atoms with Crippen molar-refractivity contribution in [3.05, 3.63) is 53.1 Å². The van der Waals surface area contributed by atoms with Gasteiger partial charge in [0, 0.05) is 49.9 Å². The SMILES string of the molecule is COc1cc2c(cc1OC)CN(CC(=O)Nc1cccc(CN3CCSCC3)c1)CC2. The molecule has 0 aliphatic carbocycles. The second-order valence-electron chi connectivity index (χ2n) is 8.07. The molecule has 2 aliphatic heterocycles. The van der Waals surface area contributed by atoms with Crippen LogP contribution in [0.1, 0.15) is 16.7 Å². The van der Waals surface area contributed by atoms with Crippen LogP contribution in [0.4, 0.5) is 5.69 Å². The van der Waals surface area contributed by atoms with Crippen LogP contribution in [-0.2, 0) is 24.3 Å². The van der Waals surface area contributed by atoms with E-state index < -0.39 is 0 Å². The number of anilines is 1. The molecule has 6 nitrogen and oxygen atoms in total. The lowest BCUT2D eigenvalue weighted by Gasteiger charge is -2.29. The number of nitrogens with zero attached hydrogens (tertiary/aromatic N) is 2. The van der Waals surface area contributed by atoms with E-state index >= 15 is 0 Å². The minimum Gasteiger partial charge on any atom is -0.493 e. The standard InChI is InChI=1S/C24H31N3O3S/c1-29-22-13-19-6-7-27(16-20(19)14-23(22)30-2)17-24(28)25-21-5-3-4-18(12-21)15-26-8-10-31-11-9-26/h3-5,12-14H,6-11,15-17H2,1-2H3,(H,25,28). The van der Waals surface area contributed by atoms with Gasteiger partial charge >= 0.3 is 0 Å². The van der Waals surface area contributed by atoms with Crippen LogP contribution in [-0.4, -0.2) is 67.6 Å². The van der Waals surface area contributed by atoms with Crippen molar-refractivity contribution in [2.45, 2.75) is 19.5 Å². The molecular weight excluding hydrogens is 410 g/mol. The molecule has 2 aromatic rings. The summed E-state index contributed by atoms with van der Waals surface area (Å²) < 4.78 is 10.8. The Bertz CT molecular complexity index is 915. The molecule has 166 valence electrons. The number of fused-ring (bicyclic) bond motifs is 1. The zero-order chi connectivity index (χ0) is 21.6. The number of carbonyl (C=O) groups excluding carboxylic acids is 1. The molecule has 1 amide bonds. The summed E-state index contributed by atoms with van der Waals surface area (Å²) in [5, 5.41) is 3.08. The maximum absolute atomic E-state index is 12.7. The summed E-state index contributed by atoms with van der Waals surface area (Å²) in [6.45, 7) is 5.17. The van der Waals surface area contributed by atoms with Crippen LogP contribution in [0.15, 0.2) is 36.4 Å². The number of hydrogen-bond donors (Lipinski definition) is 1. The number of benzene rings is 2. The number of ether oxygens (including phenoxy) is 2. The number of methoxy groups -OCH3 is 2. The van der Waals surface area contributed by atoms with Crippen LogP contribution >= 0.6 is 11.8 Å². The Kier molecular flexibility index (Phi) is 7.37. The summed E-state index contributed by atoms with van der Waals surface area (Å²) in [6.07, 6.45) is 0.895. The zero-order valence-corrected chi connectivity index (χ0v) is 19.2. The van der Waals surface area contributed by atoms with Crippen LogP contribution in [0.2, 0.25) is 0 Å². The molecule has 0 aromatic heterocycles. The molecular formula is C24H31N3O3S. The highest BCUT2D eigenvalue weighted by molar-refractivity contribution is 7.99. The zero-order valence-electron chi connectivity index (χ0n) is 18.4. The van der Waals surface area contributed by atoms with E-state index in [0.717, 1.165) is 56.3 Å². The van der Waals surface area contributed by atoms with Crippen molar-refractivity contribution in [1.29, 1.82) is 0 Å². The second kappa shape index (κ2) is 10.4. The van der Waals surface area contributed by atoms with Gasteiger partial charge in [-0.25, -0.2) is 0 Å². The van der Waals surface area contributed by atoms with Crippen molar-refractivity contribution < 1.29 is 14.3 Å². The summed E-state index contributed by atoms with van der Waals surface area (Å²) in [6, 6.07) is 12.3. The van der Waals surface area contributed by atoms with Crippen molar-refractivity contribution in [2.75, 3.05) is 57.2 Å². The number of carbonyl (C=O) groups is 1. The molecule has 0 spiro atoms. The second-order valence-corrected chi connectivity index (χ2v) is 9.30. The van der Waals surface area contributed by atoms with Gasteiger partial charge in [-0.05, 0) is 47.4 Å². The molecule has 2 aliphatic rings. The Morgan fingerprint density at radius 2 is 1.74 bits per heavy atom. The highest BCUT2D eigenvalue weighted by Crippen LogP contribution is 2.33. The van der Waals surface area contributed by atoms with Gasteiger partial charge in [-0.15, -0.1) is 0 Å². The molecule has 0 unspecified atom stereocenters. The Morgan fingerprint density at radius 1 is 1.00 bits per heavy atom. The van der Waals surface area contributed by atoms with Gasteiger partial charge < -0.3 is 14.8 Å². The smallest absolute Gasteiger partial charge is 0.238 e. The van der Waals surface area contributed by atoms with Crippen LogP contribution in [0.5, 0.6) is 11.5 Å². The van der Waals surface area contributed by atoms with E-state index in [1.807, 2.05) is 30.0 Å². The van der Waals surface area contributed by atoms with Crippen molar-refractivity contribution in [1.82, 2.24) is 9.80 Å². The monoisotopic (exact) mass is 441 g/mol. The number of rotatable bonds is 7. The molecule has 0 atom stereocenters. The first kappa shape index (κ1) is 22.0. The van der Waals surface area contributed by atoms with Gasteiger partial charge in [0.25, 0.3) is 0 Å². The minimum absolute atomic E-state index is 0.0236. The fourth-order valence-electron chi connectivity index (χ4n) is 4.25. The van der Waals surface area contributed by atoms with E-state index in [9.17, 15) is 4.79 Å². The van der Waals surface area contributed by atoms with Crippen LogP contribution in [0.3, 0.4) is 0 Å². The Balaban J connectivity index is 1.33. The highest BCUT2D eigenvalue weighted by Gasteiger charge is 2.21. The molecule has 31 heavy (non-hydrogen) atoms. The lowest BCUT2D eigenvalue weighted by Crippen LogP contribution is -2.37. The molecule has 2 heterocycles. The van der Waals surface area contributed by atoms with Gasteiger partial charge in [-0.3, -0.25) is 14.6 Å². The third kappa shape index (κ3) is 5.73. The van der Waals surface area contributed by atoms with E-state index in [4.69, 9.17) is 9.47 Å². The Labute approximate surface area is 188 Å². The fourth-order valence-corrected chi connectivity index (χ4v) is 5.22.